The Morgan fingerprint density at radius 3 is 2.50 bits per heavy atom. The molecule has 0 radical (unpaired) electrons. The third kappa shape index (κ3) is 6.71. The summed E-state index contributed by atoms with van der Waals surface area (Å²) in [7, 11) is 0. The zero-order chi connectivity index (χ0) is 11.2. The molecule has 0 saturated heterocycles. The largest absolute Gasteiger partial charge is 0.449 e. The van der Waals surface area contributed by atoms with Gasteiger partial charge >= 0.3 is 6.09 Å². The number of amides is 1. The lowest BCUT2D eigenvalue weighted by atomic mass is 9.95. The van der Waals surface area contributed by atoms with Crippen molar-refractivity contribution in [1.82, 2.24) is 5.32 Å². The summed E-state index contributed by atoms with van der Waals surface area (Å²) in [5.74, 6) is 0.339. The molecule has 0 aromatic rings. The first-order valence-corrected chi connectivity index (χ1v) is 4.89. The van der Waals surface area contributed by atoms with Crippen LogP contribution in [0.15, 0.2) is 0 Å². The molecule has 0 atom stereocenters. The van der Waals surface area contributed by atoms with Crippen LogP contribution in [0.25, 0.3) is 0 Å². The zero-order valence-electron chi connectivity index (χ0n) is 9.46. The Hall–Kier alpha value is -0.770. The van der Waals surface area contributed by atoms with E-state index in [0.717, 1.165) is 0 Å². The molecule has 0 saturated carbocycles. The molecule has 0 aliphatic heterocycles. The number of rotatable bonds is 5. The molecule has 1 amide bonds. The van der Waals surface area contributed by atoms with Gasteiger partial charge in [-0.15, -0.1) is 0 Å². The molecule has 0 spiro atoms. The Bertz CT molecular complexity index is 178. The molecule has 0 aliphatic rings. The number of aliphatic hydroxyl groups excluding tert-OH is 1. The Labute approximate surface area is 85.6 Å². The molecule has 0 aromatic carbocycles. The molecular formula is C10H21NO3. The number of alkyl carbamates (subject to hydrolysis) is 1. The highest BCUT2D eigenvalue weighted by atomic mass is 16.5. The van der Waals surface area contributed by atoms with Crippen molar-refractivity contribution < 1.29 is 14.6 Å². The minimum atomic E-state index is -0.416. The van der Waals surface area contributed by atoms with Gasteiger partial charge in [0.15, 0.2) is 0 Å². The summed E-state index contributed by atoms with van der Waals surface area (Å²) in [5, 5.41) is 11.5. The predicted octanol–water partition coefficient (Wildman–Crippen LogP) is 1.39. The number of hydrogen-bond donors (Lipinski definition) is 2. The standard InChI is InChI=1S/C10H21NO3/c1-8(2)5-14-9(13)11-6-10(3,4)7-12/h8,12H,5-7H2,1-4H3,(H,11,13). The number of aliphatic hydroxyl groups is 1. The summed E-state index contributed by atoms with van der Waals surface area (Å²) in [6.07, 6.45) is -0.416. The summed E-state index contributed by atoms with van der Waals surface area (Å²) in [5.41, 5.74) is -0.295. The molecule has 0 bridgehead atoms. The molecule has 4 nitrogen and oxygen atoms in total. The van der Waals surface area contributed by atoms with Gasteiger partial charge in [-0.3, -0.25) is 0 Å². The van der Waals surface area contributed by atoms with Crippen molar-refractivity contribution in [3.8, 4) is 0 Å². The van der Waals surface area contributed by atoms with E-state index in [1.54, 1.807) is 0 Å². The summed E-state index contributed by atoms with van der Waals surface area (Å²) in [6.45, 7) is 8.57. The number of ether oxygens (including phenoxy) is 1. The number of carbonyl (C=O) groups excluding carboxylic acids is 1. The topological polar surface area (TPSA) is 58.6 Å². The van der Waals surface area contributed by atoms with Gasteiger partial charge in [-0.05, 0) is 5.92 Å². The molecule has 14 heavy (non-hydrogen) atoms. The number of carbonyl (C=O) groups is 1. The second-order valence-corrected chi connectivity index (χ2v) is 4.67. The van der Waals surface area contributed by atoms with E-state index in [2.05, 4.69) is 5.32 Å². The number of hydrogen-bond acceptors (Lipinski definition) is 3. The van der Waals surface area contributed by atoms with Crippen molar-refractivity contribution in [3.05, 3.63) is 0 Å². The van der Waals surface area contributed by atoms with E-state index in [4.69, 9.17) is 9.84 Å². The van der Waals surface area contributed by atoms with Gasteiger partial charge in [0.25, 0.3) is 0 Å². The highest BCUT2D eigenvalue weighted by Gasteiger charge is 2.17. The fourth-order valence-electron chi connectivity index (χ4n) is 0.661. The van der Waals surface area contributed by atoms with Crippen LogP contribution in [-0.2, 0) is 4.74 Å². The summed E-state index contributed by atoms with van der Waals surface area (Å²) < 4.78 is 4.91. The van der Waals surface area contributed by atoms with Gasteiger partial charge in [0.1, 0.15) is 0 Å². The predicted molar refractivity (Wildman–Crippen MR) is 55.1 cm³/mol. The Balaban J connectivity index is 3.64. The first kappa shape index (κ1) is 13.2. The average Bonchev–Trinajstić information content (AvgIpc) is 2.11. The third-order valence-corrected chi connectivity index (χ3v) is 1.69. The van der Waals surface area contributed by atoms with E-state index >= 15 is 0 Å². The van der Waals surface area contributed by atoms with Crippen LogP contribution >= 0.6 is 0 Å². The van der Waals surface area contributed by atoms with Crippen LogP contribution in [0, 0.1) is 11.3 Å². The molecule has 4 heteroatoms. The van der Waals surface area contributed by atoms with E-state index in [0.29, 0.717) is 19.1 Å². The van der Waals surface area contributed by atoms with Crippen molar-refractivity contribution >= 4 is 6.09 Å². The Kier molecular flexibility index (Phi) is 5.53. The molecule has 0 aliphatic carbocycles. The van der Waals surface area contributed by atoms with Gasteiger partial charge in [-0.25, -0.2) is 4.79 Å². The van der Waals surface area contributed by atoms with E-state index in [1.807, 2.05) is 27.7 Å². The summed E-state index contributed by atoms with van der Waals surface area (Å²) in [4.78, 5) is 11.1. The van der Waals surface area contributed by atoms with Crippen molar-refractivity contribution in [3.63, 3.8) is 0 Å². The second-order valence-electron chi connectivity index (χ2n) is 4.67. The van der Waals surface area contributed by atoms with Crippen LogP contribution in [0.4, 0.5) is 4.79 Å². The fourth-order valence-corrected chi connectivity index (χ4v) is 0.661. The normalized spacial score (nSPS) is 11.6. The van der Waals surface area contributed by atoms with Crippen LogP contribution in [0.1, 0.15) is 27.7 Å². The van der Waals surface area contributed by atoms with Crippen molar-refractivity contribution in [2.24, 2.45) is 11.3 Å². The quantitative estimate of drug-likeness (QED) is 0.709. The maximum Gasteiger partial charge on any atom is 0.407 e. The van der Waals surface area contributed by atoms with Crippen LogP contribution in [0.5, 0.6) is 0 Å². The molecule has 0 unspecified atom stereocenters. The Morgan fingerprint density at radius 1 is 1.50 bits per heavy atom. The zero-order valence-corrected chi connectivity index (χ0v) is 9.46. The summed E-state index contributed by atoms with van der Waals surface area (Å²) in [6, 6.07) is 0. The van der Waals surface area contributed by atoms with Gasteiger partial charge in [0.05, 0.1) is 6.61 Å². The van der Waals surface area contributed by atoms with E-state index in [-0.39, 0.29) is 12.0 Å². The lowest BCUT2D eigenvalue weighted by molar-refractivity contribution is 0.118. The van der Waals surface area contributed by atoms with Gasteiger partial charge in [-0.2, -0.15) is 0 Å². The average molecular weight is 203 g/mol. The van der Waals surface area contributed by atoms with Crippen LogP contribution in [0.2, 0.25) is 0 Å². The highest BCUT2D eigenvalue weighted by Crippen LogP contribution is 2.11. The second kappa shape index (κ2) is 5.86. The van der Waals surface area contributed by atoms with Crippen molar-refractivity contribution in [2.45, 2.75) is 27.7 Å². The minimum Gasteiger partial charge on any atom is -0.449 e. The van der Waals surface area contributed by atoms with Crippen LogP contribution < -0.4 is 5.32 Å². The maximum atomic E-state index is 11.1. The van der Waals surface area contributed by atoms with Gasteiger partial charge in [-0.1, -0.05) is 27.7 Å². The molecule has 0 heterocycles. The smallest absolute Gasteiger partial charge is 0.407 e. The Morgan fingerprint density at radius 2 is 2.07 bits per heavy atom. The lowest BCUT2D eigenvalue weighted by Crippen LogP contribution is -2.36. The first-order chi connectivity index (χ1) is 6.37. The number of nitrogens with one attached hydrogen (secondary N) is 1. The molecule has 0 aromatic heterocycles. The molecule has 0 fully saturated rings. The fraction of sp³-hybridized carbons (Fsp3) is 0.900. The van der Waals surface area contributed by atoms with Gasteiger partial charge in [0.2, 0.25) is 0 Å². The molecule has 0 rings (SSSR count). The van der Waals surface area contributed by atoms with Crippen LogP contribution in [-0.4, -0.2) is 31.0 Å². The first-order valence-electron chi connectivity index (χ1n) is 4.89. The van der Waals surface area contributed by atoms with Crippen molar-refractivity contribution in [2.75, 3.05) is 19.8 Å². The molecular weight excluding hydrogens is 182 g/mol. The lowest BCUT2D eigenvalue weighted by Gasteiger charge is -2.21. The minimum absolute atomic E-state index is 0.0391. The monoisotopic (exact) mass is 203 g/mol. The van der Waals surface area contributed by atoms with Crippen LogP contribution in [0.3, 0.4) is 0 Å². The SMILES string of the molecule is CC(C)COC(=O)NCC(C)(C)CO. The summed E-state index contributed by atoms with van der Waals surface area (Å²) >= 11 is 0. The van der Waals surface area contributed by atoms with E-state index in [9.17, 15) is 4.79 Å². The third-order valence-electron chi connectivity index (χ3n) is 1.69. The van der Waals surface area contributed by atoms with E-state index < -0.39 is 6.09 Å². The van der Waals surface area contributed by atoms with Gasteiger partial charge in [0, 0.05) is 18.6 Å². The maximum absolute atomic E-state index is 11.1. The van der Waals surface area contributed by atoms with Crippen molar-refractivity contribution in [1.29, 1.82) is 0 Å². The molecule has 2 N–H and O–H groups in total. The highest BCUT2D eigenvalue weighted by molar-refractivity contribution is 5.67. The molecule has 84 valence electrons. The van der Waals surface area contributed by atoms with Gasteiger partial charge < -0.3 is 15.2 Å². The van der Waals surface area contributed by atoms with E-state index in [1.165, 1.54) is 0 Å².